The highest BCUT2D eigenvalue weighted by Crippen LogP contribution is 2.27. The second kappa shape index (κ2) is 4.29. The van der Waals surface area contributed by atoms with Crippen LogP contribution in [0.4, 0.5) is 14.7 Å². The molecular weight excluding hydrogens is 264 g/mol. The van der Waals surface area contributed by atoms with E-state index in [0.29, 0.717) is 17.7 Å². The molecule has 0 bridgehead atoms. The summed E-state index contributed by atoms with van der Waals surface area (Å²) in [7, 11) is 0. The van der Waals surface area contributed by atoms with E-state index in [2.05, 4.69) is 10.1 Å². The predicted octanol–water partition coefficient (Wildman–Crippen LogP) is 2.41. The zero-order chi connectivity index (χ0) is 14.4. The van der Waals surface area contributed by atoms with E-state index < -0.39 is 11.6 Å². The van der Waals surface area contributed by atoms with E-state index in [0.717, 1.165) is 11.8 Å². The number of rotatable bonds is 2. The van der Waals surface area contributed by atoms with Gasteiger partial charge in [-0.15, -0.1) is 0 Å². The first-order chi connectivity index (χ1) is 9.52. The van der Waals surface area contributed by atoms with Gasteiger partial charge < -0.3 is 5.73 Å². The first-order valence-electron chi connectivity index (χ1n) is 6.19. The van der Waals surface area contributed by atoms with Crippen LogP contribution in [0.1, 0.15) is 12.6 Å². The fraction of sp³-hybridized carbons (Fsp3) is 0.231. The highest BCUT2D eigenvalue weighted by molar-refractivity contribution is 5.80. The van der Waals surface area contributed by atoms with Gasteiger partial charge in [0.1, 0.15) is 17.2 Å². The molecule has 0 spiro atoms. The van der Waals surface area contributed by atoms with Gasteiger partial charge in [0, 0.05) is 12.6 Å². The van der Waals surface area contributed by atoms with E-state index >= 15 is 0 Å². The zero-order valence-electron chi connectivity index (χ0n) is 11.1. The maximum absolute atomic E-state index is 14.0. The third-order valence-corrected chi connectivity index (χ3v) is 3.19. The molecule has 0 aliphatic heterocycles. The fourth-order valence-electron chi connectivity index (χ4n) is 2.31. The van der Waals surface area contributed by atoms with E-state index in [-0.39, 0.29) is 11.6 Å². The molecule has 20 heavy (non-hydrogen) atoms. The number of hydrogen-bond acceptors (Lipinski definition) is 3. The molecule has 2 N–H and O–H groups in total. The molecule has 0 saturated carbocycles. The molecule has 3 aromatic rings. The Bertz CT molecular complexity index is 803. The van der Waals surface area contributed by atoms with E-state index in [1.165, 1.54) is 16.7 Å². The third-order valence-electron chi connectivity index (χ3n) is 3.19. The summed E-state index contributed by atoms with van der Waals surface area (Å²) in [5.41, 5.74) is 7.97. The van der Waals surface area contributed by atoms with Gasteiger partial charge in [0.05, 0.1) is 11.4 Å². The summed E-state index contributed by atoms with van der Waals surface area (Å²) in [6, 6.07) is 3.34. The minimum absolute atomic E-state index is 0.146. The molecule has 2 heterocycles. The Hall–Kier alpha value is -2.44. The second-order valence-corrected chi connectivity index (χ2v) is 4.47. The Morgan fingerprint density at radius 2 is 2.05 bits per heavy atom. The van der Waals surface area contributed by atoms with Gasteiger partial charge in [0.2, 0.25) is 5.95 Å². The van der Waals surface area contributed by atoms with Crippen LogP contribution >= 0.6 is 0 Å². The third kappa shape index (κ3) is 1.66. The summed E-state index contributed by atoms with van der Waals surface area (Å²) in [6.45, 7) is 4.32. The van der Waals surface area contributed by atoms with Crippen LogP contribution < -0.4 is 5.73 Å². The Morgan fingerprint density at radius 1 is 1.30 bits per heavy atom. The number of anilines is 1. The lowest BCUT2D eigenvalue weighted by atomic mass is 10.3. The number of aryl methyl sites for hydroxylation is 2. The predicted molar refractivity (Wildman–Crippen MR) is 71.6 cm³/mol. The van der Waals surface area contributed by atoms with Crippen molar-refractivity contribution in [2.24, 2.45) is 0 Å². The maximum atomic E-state index is 14.0. The van der Waals surface area contributed by atoms with Crippen molar-refractivity contribution < 1.29 is 8.78 Å². The average molecular weight is 277 g/mol. The maximum Gasteiger partial charge on any atom is 0.207 e. The Labute approximate surface area is 113 Å². The average Bonchev–Trinajstić information content (AvgIpc) is 2.88. The fourth-order valence-corrected chi connectivity index (χ4v) is 2.31. The van der Waals surface area contributed by atoms with Crippen LogP contribution in [0.3, 0.4) is 0 Å². The molecule has 3 rings (SSSR count). The van der Waals surface area contributed by atoms with Gasteiger partial charge in [-0.2, -0.15) is 5.10 Å². The summed E-state index contributed by atoms with van der Waals surface area (Å²) in [6.07, 6.45) is 0. The molecule has 0 radical (unpaired) electrons. The van der Waals surface area contributed by atoms with Crippen molar-refractivity contribution in [3.05, 3.63) is 35.5 Å². The lowest BCUT2D eigenvalue weighted by Gasteiger charge is -2.09. The normalized spacial score (nSPS) is 11.4. The van der Waals surface area contributed by atoms with E-state index in [4.69, 9.17) is 5.73 Å². The van der Waals surface area contributed by atoms with Crippen molar-refractivity contribution >= 4 is 17.1 Å². The number of imidazole rings is 1. The van der Waals surface area contributed by atoms with Gasteiger partial charge in [-0.3, -0.25) is 4.57 Å². The molecule has 0 saturated heterocycles. The van der Waals surface area contributed by atoms with E-state index in [9.17, 15) is 8.78 Å². The smallest absolute Gasteiger partial charge is 0.207 e. The summed E-state index contributed by atoms with van der Waals surface area (Å²) in [4.78, 5) is 4.22. The van der Waals surface area contributed by atoms with Gasteiger partial charge in [-0.1, -0.05) is 0 Å². The molecule has 7 heteroatoms. The molecule has 0 atom stereocenters. The van der Waals surface area contributed by atoms with Gasteiger partial charge in [-0.25, -0.2) is 18.4 Å². The van der Waals surface area contributed by atoms with Gasteiger partial charge >= 0.3 is 0 Å². The molecule has 0 fully saturated rings. The summed E-state index contributed by atoms with van der Waals surface area (Å²) in [5.74, 6) is -1.19. The standard InChI is InChI=1S/C13H13F2N5/c1-3-19-12-11(7(2)18-19)17-13(16)20(12)10-5-4-8(14)6-9(10)15/h4-6H,3H2,1-2H3,(H2,16,17). The highest BCUT2D eigenvalue weighted by Gasteiger charge is 2.19. The number of hydrogen-bond donors (Lipinski definition) is 1. The number of fused-ring (bicyclic) bond motifs is 1. The molecule has 0 amide bonds. The molecule has 0 unspecified atom stereocenters. The first-order valence-corrected chi connectivity index (χ1v) is 6.19. The Balaban J connectivity index is 2.38. The molecule has 5 nitrogen and oxygen atoms in total. The van der Waals surface area contributed by atoms with Crippen LogP contribution in [0.25, 0.3) is 16.9 Å². The number of nitrogens with two attached hydrogens (primary N) is 1. The molecule has 1 aromatic carbocycles. The van der Waals surface area contributed by atoms with Gasteiger partial charge in [0.25, 0.3) is 0 Å². The number of benzene rings is 1. The summed E-state index contributed by atoms with van der Waals surface area (Å²) >= 11 is 0. The minimum Gasteiger partial charge on any atom is -0.369 e. The highest BCUT2D eigenvalue weighted by atomic mass is 19.1. The SMILES string of the molecule is CCn1nc(C)c2nc(N)n(-c3ccc(F)cc3F)c21. The largest absolute Gasteiger partial charge is 0.369 e. The van der Waals surface area contributed by atoms with Crippen molar-refractivity contribution in [1.82, 2.24) is 19.3 Å². The monoisotopic (exact) mass is 277 g/mol. The van der Waals surface area contributed by atoms with Crippen molar-refractivity contribution in [3.63, 3.8) is 0 Å². The summed E-state index contributed by atoms with van der Waals surface area (Å²) < 4.78 is 30.2. The van der Waals surface area contributed by atoms with Crippen molar-refractivity contribution in [2.75, 3.05) is 5.73 Å². The number of halogens is 2. The Kier molecular flexibility index (Phi) is 2.70. The number of nitrogen functional groups attached to an aromatic ring is 1. The molecule has 0 aliphatic carbocycles. The van der Waals surface area contributed by atoms with E-state index in [1.54, 1.807) is 4.68 Å². The van der Waals surface area contributed by atoms with Crippen LogP contribution in [-0.2, 0) is 6.54 Å². The first kappa shape index (κ1) is 12.6. The molecule has 104 valence electrons. The van der Waals surface area contributed by atoms with E-state index in [1.807, 2.05) is 13.8 Å². The van der Waals surface area contributed by atoms with Crippen LogP contribution in [0.15, 0.2) is 18.2 Å². The van der Waals surface area contributed by atoms with Crippen LogP contribution in [0.5, 0.6) is 0 Å². The number of nitrogens with zero attached hydrogens (tertiary/aromatic N) is 4. The minimum atomic E-state index is -0.697. The van der Waals surface area contributed by atoms with Crippen molar-refractivity contribution in [2.45, 2.75) is 20.4 Å². The molecular formula is C13H13F2N5. The lowest BCUT2D eigenvalue weighted by Crippen LogP contribution is -2.08. The molecule has 2 aromatic heterocycles. The van der Waals surface area contributed by atoms with Crippen LogP contribution in [0.2, 0.25) is 0 Å². The van der Waals surface area contributed by atoms with Gasteiger partial charge in [-0.05, 0) is 26.0 Å². The quantitative estimate of drug-likeness (QED) is 0.782. The zero-order valence-corrected chi connectivity index (χ0v) is 11.1. The lowest BCUT2D eigenvalue weighted by molar-refractivity contribution is 0.577. The summed E-state index contributed by atoms with van der Waals surface area (Å²) in [5, 5.41) is 4.32. The van der Waals surface area contributed by atoms with Gasteiger partial charge in [0.15, 0.2) is 5.65 Å². The second-order valence-electron chi connectivity index (χ2n) is 4.47. The molecule has 0 aliphatic rings. The van der Waals surface area contributed by atoms with Crippen molar-refractivity contribution in [1.29, 1.82) is 0 Å². The Morgan fingerprint density at radius 3 is 2.70 bits per heavy atom. The topological polar surface area (TPSA) is 61.7 Å². The van der Waals surface area contributed by atoms with Crippen LogP contribution in [0, 0.1) is 18.6 Å². The van der Waals surface area contributed by atoms with Crippen molar-refractivity contribution in [3.8, 4) is 5.69 Å². The number of aromatic nitrogens is 4. The van der Waals surface area contributed by atoms with Crippen LogP contribution in [-0.4, -0.2) is 19.3 Å².